The molecule has 0 aliphatic rings. The number of nitrogens with one attached hydrogen (secondary N) is 1. The van der Waals surface area contributed by atoms with E-state index < -0.39 is 32.6 Å². The molecule has 0 bridgehead atoms. The second kappa shape index (κ2) is 7.03. The van der Waals surface area contributed by atoms with Crippen molar-refractivity contribution in [3.63, 3.8) is 0 Å². The van der Waals surface area contributed by atoms with Crippen molar-refractivity contribution in [2.75, 3.05) is 5.32 Å². The van der Waals surface area contributed by atoms with Gasteiger partial charge in [-0.3, -0.25) is 9.35 Å². The van der Waals surface area contributed by atoms with E-state index >= 15 is 0 Å². The van der Waals surface area contributed by atoms with E-state index in [1.807, 2.05) is 0 Å². The van der Waals surface area contributed by atoms with E-state index in [9.17, 15) is 22.0 Å². The molecular formula is C14H12ClF2NO4S. The molecule has 9 heteroatoms. The molecule has 0 spiro atoms. The summed E-state index contributed by atoms with van der Waals surface area (Å²) in [6, 6.07) is 6.32. The Morgan fingerprint density at radius 3 is 2.30 bits per heavy atom. The summed E-state index contributed by atoms with van der Waals surface area (Å²) < 4.78 is 57.1. The Morgan fingerprint density at radius 1 is 1.09 bits per heavy atom. The molecule has 2 rings (SSSR count). The number of carbonyl (C=O) groups is 1. The number of anilines is 1. The summed E-state index contributed by atoms with van der Waals surface area (Å²) in [5, 5.41) is 2.32. The average molecular weight is 364 g/mol. The second-order valence-corrected chi connectivity index (χ2v) is 5.96. The first-order valence-corrected chi connectivity index (χ1v) is 7.47. The fourth-order valence-corrected chi connectivity index (χ4v) is 2.29. The van der Waals surface area contributed by atoms with Crippen LogP contribution in [-0.2, 0) is 10.1 Å². The molecular weight excluding hydrogens is 352 g/mol. The van der Waals surface area contributed by atoms with Crippen LogP contribution in [0.25, 0.3) is 0 Å². The Bertz CT molecular complexity index is 856. The summed E-state index contributed by atoms with van der Waals surface area (Å²) in [6.45, 7) is 1.56. The van der Waals surface area contributed by atoms with Crippen LogP contribution in [0.15, 0.2) is 41.3 Å². The van der Waals surface area contributed by atoms with E-state index in [0.717, 1.165) is 30.3 Å². The first kappa shape index (κ1) is 19.0. The summed E-state index contributed by atoms with van der Waals surface area (Å²) in [4.78, 5) is 11.7. The van der Waals surface area contributed by atoms with Crippen molar-refractivity contribution in [1.29, 1.82) is 0 Å². The molecule has 2 aromatic rings. The average Bonchev–Trinajstić information content (AvgIpc) is 2.42. The fourth-order valence-electron chi connectivity index (χ4n) is 1.78. The van der Waals surface area contributed by atoms with Gasteiger partial charge in [-0.15, -0.1) is 12.4 Å². The predicted molar refractivity (Wildman–Crippen MR) is 82.6 cm³/mol. The molecule has 0 heterocycles. The highest BCUT2D eigenvalue weighted by atomic mass is 35.5. The lowest BCUT2D eigenvalue weighted by molar-refractivity contribution is 0.102. The highest BCUT2D eigenvalue weighted by Gasteiger charge is 2.16. The van der Waals surface area contributed by atoms with Crippen molar-refractivity contribution in [3.05, 3.63) is 59.2 Å². The van der Waals surface area contributed by atoms with Crippen LogP contribution in [0.5, 0.6) is 0 Å². The number of benzene rings is 2. The van der Waals surface area contributed by atoms with Gasteiger partial charge in [0.25, 0.3) is 16.0 Å². The van der Waals surface area contributed by atoms with Gasteiger partial charge in [-0.05, 0) is 36.8 Å². The van der Waals surface area contributed by atoms with Crippen LogP contribution in [0.3, 0.4) is 0 Å². The molecule has 0 saturated carbocycles. The molecule has 0 aliphatic heterocycles. The Balaban J connectivity index is 0.00000264. The molecule has 0 aliphatic carbocycles. The summed E-state index contributed by atoms with van der Waals surface area (Å²) in [6.07, 6.45) is 0. The maximum atomic E-state index is 13.1. The van der Waals surface area contributed by atoms with Gasteiger partial charge in [0.15, 0.2) is 11.6 Å². The lowest BCUT2D eigenvalue weighted by Gasteiger charge is -2.09. The molecule has 0 saturated heterocycles. The van der Waals surface area contributed by atoms with Gasteiger partial charge in [0.1, 0.15) is 0 Å². The molecule has 0 radical (unpaired) electrons. The van der Waals surface area contributed by atoms with Crippen LogP contribution >= 0.6 is 12.4 Å². The molecule has 124 valence electrons. The highest BCUT2D eigenvalue weighted by molar-refractivity contribution is 7.85. The molecule has 5 nitrogen and oxygen atoms in total. The SMILES string of the molecule is Cc1ccc(S(=O)(=O)O)cc1C(=O)Nc1ccc(F)c(F)c1.Cl. The van der Waals surface area contributed by atoms with Gasteiger partial charge in [0.05, 0.1) is 4.90 Å². The Hall–Kier alpha value is -2.03. The van der Waals surface area contributed by atoms with Crippen LogP contribution in [0.4, 0.5) is 14.5 Å². The molecule has 1 amide bonds. The van der Waals surface area contributed by atoms with Crippen LogP contribution in [0.1, 0.15) is 15.9 Å². The first-order chi connectivity index (χ1) is 10.2. The van der Waals surface area contributed by atoms with Gasteiger partial charge in [-0.1, -0.05) is 6.07 Å². The number of rotatable bonds is 3. The van der Waals surface area contributed by atoms with Gasteiger partial charge in [0.2, 0.25) is 0 Å². The normalized spacial score (nSPS) is 10.8. The predicted octanol–water partition coefficient (Wildman–Crippen LogP) is 3.19. The maximum absolute atomic E-state index is 13.1. The number of aryl methyl sites for hydroxylation is 1. The van der Waals surface area contributed by atoms with E-state index in [1.165, 1.54) is 6.07 Å². The number of amides is 1. The maximum Gasteiger partial charge on any atom is 0.294 e. The molecule has 0 unspecified atom stereocenters. The van der Waals surface area contributed by atoms with E-state index in [1.54, 1.807) is 6.92 Å². The van der Waals surface area contributed by atoms with Gasteiger partial charge in [-0.25, -0.2) is 8.78 Å². The van der Waals surface area contributed by atoms with Gasteiger partial charge in [-0.2, -0.15) is 8.42 Å². The monoisotopic (exact) mass is 363 g/mol. The van der Waals surface area contributed by atoms with E-state index in [-0.39, 0.29) is 23.7 Å². The van der Waals surface area contributed by atoms with E-state index in [2.05, 4.69) is 5.32 Å². The van der Waals surface area contributed by atoms with E-state index in [4.69, 9.17) is 4.55 Å². The minimum Gasteiger partial charge on any atom is -0.322 e. The largest absolute Gasteiger partial charge is 0.322 e. The van der Waals surface area contributed by atoms with Crippen molar-refractivity contribution < 1.29 is 26.5 Å². The van der Waals surface area contributed by atoms with Crippen molar-refractivity contribution in [2.24, 2.45) is 0 Å². The van der Waals surface area contributed by atoms with Gasteiger partial charge >= 0.3 is 0 Å². The summed E-state index contributed by atoms with van der Waals surface area (Å²) in [5.74, 6) is -2.89. The quantitative estimate of drug-likeness (QED) is 0.820. The third-order valence-electron chi connectivity index (χ3n) is 2.93. The molecule has 2 N–H and O–H groups in total. The number of halogens is 3. The van der Waals surface area contributed by atoms with Crippen molar-refractivity contribution in [2.45, 2.75) is 11.8 Å². The first-order valence-electron chi connectivity index (χ1n) is 6.03. The van der Waals surface area contributed by atoms with Crippen LogP contribution in [0.2, 0.25) is 0 Å². The molecule has 23 heavy (non-hydrogen) atoms. The fraction of sp³-hybridized carbons (Fsp3) is 0.0714. The van der Waals surface area contributed by atoms with Crippen molar-refractivity contribution >= 4 is 34.1 Å². The van der Waals surface area contributed by atoms with Crippen LogP contribution < -0.4 is 5.32 Å². The molecule has 0 atom stereocenters. The summed E-state index contributed by atoms with van der Waals surface area (Å²) in [5.41, 5.74) is 0.452. The van der Waals surface area contributed by atoms with Crippen LogP contribution in [0, 0.1) is 18.6 Å². The zero-order valence-electron chi connectivity index (χ0n) is 11.7. The molecule has 2 aromatic carbocycles. The molecule has 0 aromatic heterocycles. The molecule has 0 fully saturated rings. The Kier molecular flexibility index (Phi) is 5.81. The number of hydrogen-bond donors (Lipinski definition) is 2. The Labute approximate surface area is 137 Å². The summed E-state index contributed by atoms with van der Waals surface area (Å²) >= 11 is 0. The summed E-state index contributed by atoms with van der Waals surface area (Å²) in [7, 11) is -4.45. The van der Waals surface area contributed by atoms with Gasteiger partial charge < -0.3 is 5.32 Å². The van der Waals surface area contributed by atoms with E-state index in [0.29, 0.717) is 5.56 Å². The lowest BCUT2D eigenvalue weighted by atomic mass is 10.1. The second-order valence-electron chi connectivity index (χ2n) is 4.53. The topological polar surface area (TPSA) is 83.5 Å². The smallest absolute Gasteiger partial charge is 0.294 e. The minimum absolute atomic E-state index is 0. The van der Waals surface area contributed by atoms with Crippen LogP contribution in [-0.4, -0.2) is 18.9 Å². The lowest BCUT2D eigenvalue weighted by Crippen LogP contribution is -2.14. The minimum atomic E-state index is -4.45. The van der Waals surface area contributed by atoms with Crippen molar-refractivity contribution in [1.82, 2.24) is 0 Å². The zero-order valence-corrected chi connectivity index (χ0v) is 13.3. The van der Waals surface area contributed by atoms with Gasteiger partial charge in [0, 0.05) is 17.3 Å². The number of hydrogen-bond acceptors (Lipinski definition) is 3. The third-order valence-corrected chi connectivity index (χ3v) is 3.78. The van der Waals surface area contributed by atoms with Crippen molar-refractivity contribution in [3.8, 4) is 0 Å². The highest BCUT2D eigenvalue weighted by Crippen LogP contribution is 2.18. The third kappa shape index (κ3) is 4.47. The standard InChI is InChI=1S/C14H11F2NO4S.ClH/c1-8-2-4-10(22(19,20)21)7-11(8)14(18)17-9-3-5-12(15)13(16)6-9;/h2-7H,1H3,(H,17,18)(H,19,20,21);1H. The number of carbonyl (C=O) groups excluding carboxylic acids is 1. The zero-order chi connectivity index (χ0) is 16.5. The Morgan fingerprint density at radius 2 is 1.74 bits per heavy atom.